The third-order valence-corrected chi connectivity index (χ3v) is 8.21. The van der Waals surface area contributed by atoms with Crippen LogP contribution in [0.15, 0.2) is 66.7 Å². The molecular formula is C31H35ClN4O2. The van der Waals surface area contributed by atoms with Gasteiger partial charge in [0, 0.05) is 48.5 Å². The van der Waals surface area contributed by atoms with Gasteiger partial charge in [-0.2, -0.15) is 0 Å². The normalized spacial score (nSPS) is 19.4. The summed E-state index contributed by atoms with van der Waals surface area (Å²) < 4.78 is 0. The van der Waals surface area contributed by atoms with Crippen molar-refractivity contribution < 1.29 is 9.59 Å². The number of carbonyl (C=O) groups is 2. The minimum atomic E-state index is -0.0645. The molecule has 7 heteroatoms. The number of amides is 2. The first-order valence-corrected chi connectivity index (χ1v) is 13.9. The molecule has 0 saturated carbocycles. The SMILES string of the molecule is CCC(CC)C(=O)Nc1ccc(N2CCN(C3c4ccccc4NC(=O)c4ccccc43)C[C@H]2C)c(Cl)c1. The summed E-state index contributed by atoms with van der Waals surface area (Å²) in [5.74, 6) is -0.0191. The molecule has 198 valence electrons. The van der Waals surface area contributed by atoms with E-state index in [2.05, 4.69) is 39.5 Å². The summed E-state index contributed by atoms with van der Waals surface area (Å²) in [5.41, 5.74) is 5.43. The van der Waals surface area contributed by atoms with Crippen LogP contribution in [0.3, 0.4) is 0 Å². The van der Waals surface area contributed by atoms with Crippen molar-refractivity contribution in [1.82, 2.24) is 4.90 Å². The minimum absolute atomic E-state index is 0.00583. The Morgan fingerprint density at radius 3 is 2.45 bits per heavy atom. The Labute approximate surface area is 230 Å². The Kier molecular flexibility index (Phi) is 7.73. The molecule has 5 rings (SSSR count). The van der Waals surface area contributed by atoms with Crippen LogP contribution in [-0.2, 0) is 4.79 Å². The highest BCUT2D eigenvalue weighted by Crippen LogP contribution is 2.40. The van der Waals surface area contributed by atoms with Crippen LogP contribution in [0.25, 0.3) is 0 Å². The molecule has 0 aliphatic carbocycles. The number of fused-ring (bicyclic) bond motifs is 2. The van der Waals surface area contributed by atoms with Gasteiger partial charge in [0.2, 0.25) is 5.91 Å². The van der Waals surface area contributed by atoms with Gasteiger partial charge in [0.25, 0.3) is 5.91 Å². The van der Waals surface area contributed by atoms with Crippen LogP contribution in [0, 0.1) is 5.92 Å². The lowest BCUT2D eigenvalue weighted by Gasteiger charge is -2.45. The van der Waals surface area contributed by atoms with Gasteiger partial charge in [0.1, 0.15) is 0 Å². The van der Waals surface area contributed by atoms with Crippen LogP contribution in [0.2, 0.25) is 5.02 Å². The van der Waals surface area contributed by atoms with Gasteiger partial charge in [-0.05, 0) is 61.2 Å². The standard InChI is InChI=1S/C31H35ClN4O2/c1-4-21(5-2)30(37)33-22-14-15-28(26(32)18-22)36-17-16-35(19-20(36)3)29-23-10-6-7-11-24(23)31(38)34-27-13-9-8-12-25(27)29/h6-15,18,20-21,29H,4-5,16-17,19H2,1-3H3,(H,33,37)(H,34,38)/t20-,29?/m1/s1. The topological polar surface area (TPSA) is 64.7 Å². The summed E-state index contributed by atoms with van der Waals surface area (Å²) in [5, 5.41) is 6.76. The van der Waals surface area contributed by atoms with Crippen molar-refractivity contribution >= 4 is 40.5 Å². The van der Waals surface area contributed by atoms with E-state index < -0.39 is 0 Å². The monoisotopic (exact) mass is 530 g/mol. The second-order valence-electron chi connectivity index (χ2n) is 10.2. The van der Waals surface area contributed by atoms with Gasteiger partial charge in [0.15, 0.2) is 0 Å². The van der Waals surface area contributed by atoms with Crippen LogP contribution >= 0.6 is 11.6 Å². The maximum atomic E-state index is 13.0. The lowest BCUT2D eigenvalue weighted by Crippen LogP contribution is -2.53. The van der Waals surface area contributed by atoms with Crippen molar-refractivity contribution in [3.63, 3.8) is 0 Å². The predicted octanol–water partition coefficient (Wildman–Crippen LogP) is 6.58. The fourth-order valence-corrected chi connectivity index (χ4v) is 6.13. The number of piperazine rings is 1. The third kappa shape index (κ3) is 5.03. The van der Waals surface area contributed by atoms with Crippen molar-refractivity contribution in [1.29, 1.82) is 0 Å². The zero-order valence-corrected chi connectivity index (χ0v) is 23.0. The van der Waals surface area contributed by atoms with E-state index in [1.807, 2.05) is 68.4 Å². The van der Waals surface area contributed by atoms with Crippen molar-refractivity contribution in [3.8, 4) is 0 Å². The van der Waals surface area contributed by atoms with E-state index >= 15 is 0 Å². The molecule has 0 aromatic heterocycles. The molecule has 6 nitrogen and oxygen atoms in total. The average Bonchev–Trinajstić information content (AvgIpc) is 3.03. The number of nitrogens with one attached hydrogen (secondary N) is 2. The number of nitrogens with zero attached hydrogens (tertiary/aromatic N) is 2. The molecule has 2 atom stereocenters. The van der Waals surface area contributed by atoms with Crippen LogP contribution in [0.5, 0.6) is 0 Å². The number of halogens is 1. The van der Waals surface area contributed by atoms with E-state index in [1.54, 1.807) is 0 Å². The van der Waals surface area contributed by atoms with Crippen molar-refractivity contribution in [2.45, 2.75) is 45.7 Å². The number of rotatable bonds is 6. The maximum Gasteiger partial charge on any atom is 0.256 e. The molecule has 2 aliphatic heterocycles. The molecule has 2 N–H and O–H groups in total. The summed E-state index contributed by atoms with van der Waals surface area (Å²) in [7, 11) is 0. The number of hydrogen-bond donors (Lipinski definition) is 2. The number of hydrogen-bond acceptors (Lipinski definition) is 4. The van der Waals surface area contributed by atoms with E-state index in [0.29, 0.717) is 5.02 Å². The lowest BCUT2D eigenvalue weighted by atomic mass is 9.92. The minimum Gasteiger partial charge on any atom is -0.365 e. The largest absolute Gasteiger partial charge is 0.365 e. The van der Waals surface area contributed by atoms with Crippen LogP contribution in [0.1, 0.15) is 61.1 Å². The smallest absolute Gasteiger partial charge is 0.256 e. The molecular weight excluding hydrogens is 496 g/mol. The van der Waals surface area contributed by atoms with Crippen molar-refractivity contribution in [3.05, 3.63) is 88.4 Å². The van der Waals surface area contributed by atoms with Gasteiger partial charge in [-0.15, -0.1) is 0 Å². The average molecular weight is 531 g/mol. The number of para-hydroxylation sites is 1. The molecule has 1 fully saturated rings. The second-order valence-corrected chi connectivity index (χ2v) is 10.6. The number of benzene rings is 3. The summed E-state index contributed by atoms with van der Waals surface area (Å²) in [6, 6.07) is 22.0. The molecule has 0 bridgehead atoms. The number of carbonyl (C=O) groups excluding carboxylic acids is 2. The Bertz CT molecular complexity index is 1340. The molecule has 3 aromatic carbocycles. The molecule has 0 spiro atoms. The second kappa shape index (κ2) is 11.2. The Morgan fingerprint density at radius 1 is 1.03 bits per heavy atom. The van der Waals surface area contributed by atoms with Crippen molar-refractivity contribution in [2.75, 3.05) is 35.2 Å². The highest BCUT2D eigenvalue weighted by atomic mass is 35.5. The van der Waals surface area contributed by atoms with Crippen LogP contribution < -0.4 is 15.5 Å². The highest BCUT2D eigenvalue weighted by Gasteiger charge is 2.35. The molecule has 0 radical (unpaired) electrons. The van der Waals surface area contributed by atoms with E-state index in [0.717, 1.165) is 66.2 Å². The fourth-order valence-electron chi connectivity index (χ4n) is 5.84. The molecule has 38 heavy (non-hydrogen) atoms. The Morgan fingerprint density at radius 2 is 1.74 bits per heavy atom. The quantitative estimate of drug-likeness (QED) is 0.378. The summed E-state index contributed by atoms with van der Waals surface area (Å²) >= 11 is 6.76. The Hall–Kier alpha value is -3.35. The van der Waals surface area contributed by atoms with E-state index in [-0.39, 0.29) is 29.8 Å². The fraction of sp³-hybridized carbons (Fsp3) is 0.355. The molecule has 3 aromatic rings. The first-order chi connectivity index (χ1) is 18.4. The van der Waals surface area contributed by atoms with Crippen LogP contribution in [0.4, 0.5) is 17.1 Å². The first kappa shape index (κ1) is 26.3. The van der Waals surface area contributed by atoms with E-state index in [1.165, 1.54) is 0 Å². The van der Waals surface area contributed by atoms with Gasteiger partial charge in [-0.25, -0.2) is 0 Å². The van der Waals surface area contributed by atoms with Gasteiger partial charge in [0.05, 0.1) is 16.8 Å². The first-order valence-electron chi connectivity index (χ1n) is 13.5. The molecule has 1 saturated heterocycles. The summed E-state index contributed by atoms with van der Waals surface area (Å²) in [4.78, 5) is 30.4. The summed E-state index contributed by atoms with van der Waals surface area (Å²) in [6.07, 6.45) is 1.63. The third-order valence-electron chi connectivity index (χ3n) is 7.91. The molecule has 2 heterocycles. The van der Waals surface area contributed by atoms with Gasteiger partial charge < -0.3 is 15.5 Å². The zero-order valence-electron chi connectivity index (χ0n) is 22.2. The Balaban J connectivity index is 1.38. The molecule has 2 aliphatic rings. The predicted molar refractivity (Wildman–Crippen MR) is 155 cm³/mol. The zero-order chi connectivity index (χ0) is 26.8. The van der Waals surface area contributed by atoms with E-state index in [4.69, 9.17) is 11.6 Å². The van der Waals surface area contributed by atoms with Crippen molar-refractivity contribution in [2.24, 2.45) is 5.92 Å². The lowest BCUT2D eigenvalue weighted by molar-refractivity contribution is -0.120. The van der Waals surface area contributed by atoms with Crippen LogP contribution in [-0.4, -0.2) is 42.4 Å². The molecule has 1 unspecified atom stereocenters. The van der Waals surface area contributed by atoms with Gasteiger partial charge in [-0.3, -0.25) is 14.5 Å². The maximum absolute atomic E-state index is 13.0. The summed E-state index contributed by atoms with van der Waals surface area (Å²) in [6.45, 7) is 8.70. The van der Waals surface area contributed by atoms with E-state index in [9.17, 15) is 9.59 Å². The number of anilines is 3. The van der Waals surface area contributed by atoms with Gasteiger partial charge >= 0.3 is 0 Å². The van der Waals surface area contributed by atoms with Gasteiger partial charge in [-0.1, -0.05) is 61.8 Å². The molecule has 2 amide bonds. The highest BCUT2D eigenvalue weighted by molar-refractivity contribution is 6.33.